The van der Waals surface area contributed by atoms with E-state index in [4.69, 9.17) is 5.26 Å². The van der Waals surface area contributed by atoms with Crippen molar-refractivity contribution in [1.82, 2.24) is 4.98 Å². The summed E-state index contributed by atoms with van der Waals surface area (Å²) >= 11 is 1.83. The van der Waals surface area contributed by atoms with Gasteiger partial charge in [-0.1, -0.05) is 54.6 Å². The predicted molar refractivity (Wildman–Crippen MR) is 113 cm³/mol. The van der Waals surface area contributed by atoms with Crippen molar-refractivity contribution in [3.8, 4) is 28.5 Å². The minimum absolute atomic E-state index is 0.624. The van der Waals surface area contributed by atoms with Crippen molar-refractivity contribution in [2.24, 2.45) is 0 Å². The van der Waals surface area contributed by atoms with Gasteiger partial charge in [-0.25, -0.2) is 0 Å². The van der Waals surface area contributed by atoms with Crippen molar-refractivity contribution in [2.45, 2.75) is 0 Å². The van der Waals surface area contributed by atoms with E-state index in [0.29, 0.717) is 5.56 Å². The van der Waals surface area contributed by atoms with E-state index in [-0.39, 0.29) is 0 Å². The number of hydrogen-bond acceptors (Lipinski definition) is 3. The van der Waals surface area contributed by atoms with Gasteiger partial charge >= 0.3 is 0 Å². The van der Waals surface area contributed by atoms with Crippen molar-refractivity contribution in [3.05, 3.63) is 90.6 Å². The Morgan fingerprint density at radius 3 is 2.30 bits per heavy atom. The molecule has 2 nitrogen and oxygen atoms in total. The van der Waals surface area contributed by atoms with E-state index in [9.17, 15) is 0 Å². The zero-order valence-corrected chi connectivity index (χ0v) is 15.2. The van der Waals surface area contributed by atoms with E-state index in [0.717, 1.165) is 11.3 Å². The van der Waals surface area contributed by atoms with E-state index in [1.165, 1.54) is 31.3 Å². The lowest BCUT2D eigenvalue weighted by atomic mass is 10.0. The lowest BCUT2D eigenvalue weighted by Crippen LogP contribution is -1.85. The number of nitriles is 1. The minimum Gasteiger partial charge on any atom is -0.256 e. The molecule has 3 heteroatoms. The number of benzene rings is 3. The summed E-state index contributed by atoms with van der Waals surface area (Å²) in [6.07, 6.45) is 1.68. The quantitative estimate of drug-likeness (QED) is 0.352. The first-order chi connectivity index (χ1) is 13.3. The highest BCUT2D eigenvalue weighted by atomic mass is 32.1. The van der Waals surface area contributed by atoms with Crippen molar-refractivity contribution in [2.75, 3.05) is 0 Å². The number of pyridine rings is 1. The van der Waals surface area contributed by atoms with Crippen LogP contribution in [0.5, 0.6) is 0 Å². The van der Waals surface area contributed by atoms with Crippen molar-refractivity contribution < 1.29 is 0 Å². The molecule has 0 radical (unpaired) electrons. The third-order valence-electron chi connectivity index (χ3n) is 4.78. The highest BCUT2D eigenvalue weighted by Crippen LogP contribution is 2.36. The van der Waals surface area contributed by atoms with E-state index < -0.39 is 0 Å². The monoisotopic (exact) mass is 362 g/mol. The van der Waals surface area contributed by atoms with Crippen molar-refractivity contribution in [1.29, 1.82) is 5.26 Å². The van der Waals surface area contributed by atoms with Crippen LogP contribution in [0.25, 0.3) is 42.6 Å². The van der Waals surface area contributed by atoms with Crippen LogP contribution < -0.4 is 0 Å². The fourth-order valence-corrected chi connectivity index (χ4v) is 4.54. The van der Waals surface area contributed by atoms with Crippen LogP contribution in [0.2, 0.25) is 0 Å². The first-order valence-electron chi connectivity index (χ1n) is 8.70. The number of nitrogens with zero attached hydrogens (tertiary/aromatic N) is 2. The molecule has 5 rings (SSSR count). The van der Waals surface area contributed by atoms with Crippen molar-refractivity contribution >= 4 is 31.5 Å². The zero-order chi connectivity index (χ0) is 18.2. The lowest BCUT2D eigenvalue weighted by molar-refractivity contribution is 1.31. The molecule has 0 unspecified atom stereocenters. The Bertz CT molecular complexity index is 1320. The van der Waals surface area contributed by atoms with Crippen LogP contribution in [0, 0.1) is 11.3 Å². The molecule has 3 aromatic carbocycles. The van der Waals surface area contributed by atoms with E-state index in [1.54, 1.807) is 12.3 Å². The van der Waals surface area contributed by atoms with E-state index >= 15 is 0 Å². The topological polar surface area (TPSA) is 36.7 Å². The Morgan fingerprint density at radius 1 is 0.704 bits per heavy atom. The molecule has 2 heterocycles. The molecule has 126 valence electrons. The molecule has 5 aromatic rings. The number of rotatable bonds is 2. The third kappa shape index (κ3) is 2.77. The summed E-state index contributed by atoms with van der Waals surface area (Å²) in [6.45, 7) is 0. The normalized spacial score (nSPS) is 10.9. The molecule has 0 saturated carbocycles. The van der Waals surface area contributed by atoms with E-state index in [1.807, 2.05) is 17.4 Å². The van der Waals surface area contributed by atoms with Crippen LogP contribution in [0.1, 0.15) is 5.56 Å². The molecule has 0 N–H and O–H groups in total. The summed E-state index contributed by atoms with van der Waals surface area (Å²) < 4.78 is 2.63. The fraction of sp³-hybridized carbons (Fsp3) is 0. The second kappa shape index (κ2) is 6.35. The number of thiophene rings is 1. The van der Waals surface area contributed by atoms with Gasteiger partial charge in [0.2, 0.25) is 0 Å². The molecule has 0 fully saturated rings. The Kier molecular flexibility index (Phi) is 3.71. The predicted octanol–water partition coefficient (Wildman–Crippen LogP) is 6.66. The van der Waals surface area contributed by atoms with E-state index in [2.05, 4.69) is 77.8 Å². The van der Waals surface area contributed by atoms with Gasteiger partial charge in [-0.15, -0.1) is 11.3 Å². The summed E-state index contributed by atoms with van der Waals surface area (Å²) in [5.41, 5.74) is 4.84. The smallest absolute Gasteiger partial charge is 0.0992 e. The summed E-state index contributed by atoms with van der Waals surface area (Å²) in [4.78, 5) is 4.38. The van der Waals surface area contributed by atoms with Gasteiger partial charge in [0, 0.05) is 31.9 Å². The summed E-state index contributed by atoms with van der Waals surface area (Å²) in [5.74, 6) is 0. The highest BCUT2D eigenvalue weighted by molar-refractivity contribution is 7.25. The van der Waals surface area contributed by atoms with Gasteiger partial charge in [-0.05, 0) is 35.4 Å². The maximum absolute atomic E-state index is 9.06. The molecule has 0 saturated heterocycles. The summed E-state index contributed by atoms with van der Waals surface area (Å²) in [5, 5.41) is 11.7. The molecule has 0 aliphatic heterocycles. The lowest BCUT2D eigenvalue weighted by Gasteiger charge is -2.05. The standard InChI is InChI=1S/C24H14N2S/c25-15-16-11-12-26-22(13-16)18-7-5-17(6-8-18)19-9-10-21-20-3-1-2-4-23(20)27-24(21)14-19/h1-14H. The maximum Gasteiger partial charge on any atom is 0.0992 e. The van der Waals surface area contributed by atoms with Gasteiger partial charge in [0.1, 0.15) is 0 Å². The Labute approximate surface area is 161 Å². The third-order valence-corrected chi connectivity index (χ3v) is 5.92. The molecule has 27 heavy (non-hydrogen) atoms. The average Bonchev–Trinajstić information content (AvgIpc) is 3.12. The molecule has 0 aliphatic carbocycles. The molecule has 0 aliphatic rings. The van der Waals surface area contributed by atoms with Gasteiger partial charge in [0.25, 0.3) is 0 Å². The van der Waals surface area contributed by atoms with Gasteiger partial charge in [-0.2, -0.15) is 5.26 Å². The molecule has 2 aromatic heterocycles. The molecule has 0 amide bonds. The number of hydrogen-bond donors (Lipinski definition) is 0. The van der Waals surface area contributed by atoms with Crippen LogP contribution in [-0.2, 0) is 0 Å². The Balaban J connectivity index is 1.54. The van der Waals surface area contributed by atoms with Crippen LogP contribution in [-0.4, -0.2) is 4.98 Å². The highest BCUT2D eigenvalue weighted by Gasteiger charge is 2.07. The summed E-state index contributed by atoms with van der Waals surface area (Å²) in [6, 6.07) is 29.3. The van der Waals surface area contributed by atoms with Crippen LogP contribution in [0.15, 0.2) is 85.1 Å². The fourth-order valence-electron chi connectivity index (χ4n) is 3.40. The van der Waals surface area contributed by atoms with Gasteiger partial charge in [-0.3, -0.25) is 4.98 Å². The van der Waals surface area contributed by atoms with Crippen LogP contribution in [0.3, 0.4) is 0 Å². The SMILES string of the molecule is N#Cc1ccnc(-c2ccc(-c3ccc4c(c3)sc3ccccc34)cc2)c1. The molecular formula is C24H14N2S. The average molecular weight is 362 g/mol. The summed E-state index contributed by atoms with van der Waals surface area (Å²) in [7, 11) is 0. The van der Waals surface area contributed by atoms with Gasteiger partial charge < -0.3 is 0 Å². The Morgan fingerprint density at radius 2 is 1.44 bits per heavy atom. The number of fused-ring (bicyclic) bond motifs is 3. The zero-order valence-electron chi connectivity index (χ0n) is 14.4. The molecule has 0 bridgehead atoms. The molecular weight excluding hydrogens is 348 g/mol. The van der Waals surface area contributed by atoms with Gasteiger partial charge in [0.05, 0.1) is 17.3 Å². The maximum atomic E-state index is 9.06. The first-order valence-corrected chi connectivity index (χ1v) is 9.52. The Hall–Kier alpha value is -3.48. The first kappa shape index (κ1) is 15.7. The van der Waals surface area contributed by atoms with Crippen LogP contribution in [0.4, 0.5) is 0 Å². The second-order valence-electron chi connectivity index (χ2n) is 6.43. The minimum atomic E-state index is 0.624. The second-order valence-corrected chi connectivity index (χ2v) is 7.51. The van der Waals surface area contributed by atoms with Crippen LogP contribution >= 0.6 is 11.3 Å². The molecule has 0 spiro atoms. The molecule has 0 atom stereocenters. The number of aromatic nitrogens is 1. The largest absolute Gasteiger partial charge is 0.256 e. The van der Waals surface area contributed by atoms with Gasteiger partial charge in [0.15, 0.2) is 0 Å². The van der Waals surface area contributed by atoms with Crippen molar-refractivity contribution in [3.63, 3.8) is 0 Å².